The smallest absolute Gasteiger partial charge is 0.143 e. The second-order valence-corrected chi connectivity index (χ2v) is 8.60. The molecule has 0 radical (unpaired) electrons. The van der Waals surface area contributed by atoms with Crippen molar-refractivity contribution in [3.63, 3.8) is 0 Å². The lowest BCUT2D eigenvalue weighted by Gasteiger charge is -2.43. The molecule has 2 N–H and O–H groups in total. The summed E-state index contributed by atoms with van der Waals surface area (Å²) < 4.78 is 11.1. The van der Waals surface area contributed by atoms with Gasteiger partial charge in [-0.25, -0.2) is 0 Å². The lowest BCUT2D eigenvalue weighted by atomic mass is 9.88. The van der Waals surface area contributed by atoms with E-state index in [1.165, 1.54) is 50.3 Å². The minimum atomic E-state index is 0.535. The van der Waals surface area contributed by atoms with E-state index in [-0.39, 0.29) is 0 Å². The highest BCUT2D eigenvalue weighted by Gasteiger charge is 2.29. The van der Waals surface area contributed by atoms with Crippen LogP contribution in [0.5, 0.6) is 5.75 Å². The second-order valence-electron chi connectivity index (χ2n) is 8.60. The number of anilines is 2. The minimum absolute atomic E-state index is 0.535. The van der Waals surface area contributed by atoms with Gasteiger partial charge in [-0.2, -0.15) is 0 Å². The van der Waals surface area contributed by atoms with Gasteiger partial charge < -0.3 is 25.0 Å². The van der Waals surface area contributed by atoms with E-state index in [2.05, 4.69) is 33.9 Å². The lowest BCUT2D eigenvalue weighted by Crippen LogP contribution is -2.52. The van der Waals surface area contributed by atoms with Crippen molar-refractivity contribution in [3.05, 3.63) is 17.7 Å². The molecule has 3 aliphatic heterocycles. The summed E-state index contributed by atoms with van der Waals surface area (Å²) in [5.74, 6) is 1.33. The predicted octanol–water partition coefficient (Wildman–Crippen LogP) is 2.39. The number of piperidine rings is 1. The van der Waals surface area contributed by atoms with E-state index in [0.29, 0.717) is 5.92 Å². The topological polar surface area (TPSA) is 54.2 Å². The number of benzene rings is 1. The molecule has 28 heavy (non-hydrogen) atoms. The zero-order valence-electron chi connectivity index (χ0n) is 17.5. The van der Waals surface area contributed by atoms with Crippen LogP contribution in [-0.4, -0.2) is 82.5 Å². The van der Waals surface area contributed by atoms with Crippen LogP contribution in [0.4, 0.5) is 11.4 Å². The Morgan fingerprint density at radius 1 is 0.964 bits per heavy atom. The SMILES string of the molecule is COc1cc(N2CCC(N3CCN(C)CC3)CC2)c(C2CCOCC2)cc1N. The monoisotopic (exact) mass is 388 g/mol. The van der Waals surface area contributed by atoms with Crippen molar-refractivity contribution in [3.8, 4) is 5.75 Å². The molecule has 3 fully saturated rings. The lowest BCUT2D eigenvalue weighted by molar-refractivity contribution is 0.0852. The van der Waals surface area contributed by atoms with E-state index in [0.717, 1.165) is 56.6 Å². The van der Waals surface area contributed by atoms with Gasteiger partial charge in [-0.05, 0) is 50.3 Å². The summed E-state index contributed by atoms with van der Waals surface area (Å²) in [6.45, 7) is 8.74. The zero-order chi connectivity index (χ0) is 19.5. The molecule has 3 saturated heterocycles. The number of ether oxygens (including phenoxy) is 2. The Morgan fingerprint density at radius 2 is 1.64 bits per heavy atom. The first-order chi connectivity index (χ1) is 13.7. The van der Waals surface area contributed by atoms with Crippen molar-refractivity contribution in [1.82, 2.24) is 9.80 Å². The molecule has 0 saturated carbocycles. The summed E-state index contributed by atoms with van der Waals surface area (Å²) in [4.78, 5) is 7.71. The molecule has 4 rings (SSSR count). The van der Waals surface area contributed by atoms with Gasteiger partial charge >= 0.3 is 0 Å². The third-order valence-electron chi connectivity index (χ3n) is 6.90. The van der Waals surface area contributed by atoms with Crippen LogP contribution in [0, 0.1) is 0 Å². The molecule has 1 aromatic rings. The fourth-order valence-electron chi connectivity index (χ4n) is 5.05. The molecular weight excluding hydrogens is 352 g/mol. The number of likely N-dealkylation sites (N-methyl/N-ethyl adjacent to an activating group) is 1. The van der Waals surface area contributed by atoms with Crippen LogP contribution in [0.15, 0.2) is 12.1 Å². The van der Waals surface area contributed by atoms with Gasteiger partial charge in [0.2, 0.25) is 0 Å². The highest BCUT2D eigenvalue weighted by molar-refractivity contribution is 5.68. The molecule has 3 heterocycles. The molecule has 156 valence electrons. The molecule has 0 spiro atoms. The van der Waals surface area contributed by atoms with Crippen molar-refractivity contribution in [2.75, 3.05) is 77.3 Å². The molecule has 6 nitrogen and oxygen atoms in total. The number of hydrogen-bond acceptors (Lipinski definition) is 6. The first-order valence-corrected chi connectivity index (χ1v) is 10.9. The Bertz CT molecular complexity index is 646. The average Bonchev–Trinajstić information content (AvgIpc) is 2.75. The van der Waals surface area contributed by atoms with Crippen LogP contribution in [0.25, 0.3) is 0 Å². The molecule has 0 amide bonds. The van der Waals surface area contributed by atoms with E-state index in [1.807, 2.05) is 0 Å². The van der Waals surface area contributed by atoms with Gasteiger partial charge in [0.25, 0.3) is 0 Å². The van der Waals surface area contributed by atoms with Gasteiger partial charge in [-0.1, -0.05) is 0 Å². The Kier molecular flexibility index (Phi) is 6.28. The number of piperazine rings is 1. The summed E-state index contributed by atoms with van der Waals surface area (Å²) in [5.41, 5.74) is 9.75. The Balaban J connectivity index is 1.49. The first kappa shape index (κ1) is 19.8. The van der Waals surface area contributed by atoms with Crippen molar-refractivity contribution >= 4 is 11.4 Å². The van der Waals surface area contributed by atoms with Gasteiger partial charge in [-0.3, -0.25) is 4.90 Å². The molecule has 0 aromatic heterocycles. The van der Waals surface area contributed by atoms with Crippen molar-refractivity contribution < 1.29 is 9.47 Å². The summed E-state index contributed by atoms with van der Waals surface area (Å²) in [6.07, 6.45) is 4.64. The van der Waals surface area contributed by atoms with Crippen molar-refractivity contribution in [2.45, 2.75) is 37.6 Å². The molecule has 0 bridgehead atoms. The van der Waals surface area contributed by atoms with Gasteiger partial charge in [0.05, 0.1) is 12.8 Å². The molecule has 1 aromatic carbocycles. The minimum Gasteiger partial charge on any atom is -0.495 e. The van der Waals surface area contributed by atoms with Gasteiger partial charge in [0.15, 0.2) is 0 Å². The third-order valence-corrected chi connectivity index (χ3v) is 6.90. The fraction of sp³-hybridized carbons (Fsp3) is 0.727. The van der Waals surface area contributed by atoms with Gasteiger partial charge in [-0.15, -0.1) is 0 Å². The third kappa shape index (κ3) is 4.24. The Morgan fingerprint density at radius 3 is 2.29 bits per heavy atom. The highest BCUT2D eigenvalue weighted by atomic mass is 16.5. The number of methoxy groups -OCH3 is 1. The first-order valence-electron chi connectivity index (χ1n) is 10.9. The molecule has 3 aliphatic rings. The summed E-state index contributed by atoms with van der Waals surface area (Å²) in [7, 11) is 3.94. The van der Waals surface area contributed by atoms with E-state index in [4.69, 9.17) is 15.2 Å². The van der Waals surface area contributed by atoms with Crippen molar-refractivity contribution in [2.24, 2.45) is 0 Å². The average molecular weight is 389 g/mol. The number of nitrogens with zero attached hydrogens (tertiary/aromatic N) is 3. The van der Waals surface area contributed by atoms with Gasteiger partial charge in [0, 0.05) is 70.3 Å². The second kappa shape index (κ2) is 8.89. The summed E-state index contributed by atoms with van der Waals surface area (Å²) >= 11 is 0. The molecular formula is C22H36N4O2. The zero-order valence-corrected chi connectivity index (χ0v) is 17.5. The van der Waals surface area contributed by atoms with Crippen molar-refractivity contribution in [1.29, 1.82) is 0 Å². The van der Waals surface area contributed by atoms with Gasteiger partial charge in [0.1, 0.15) is 5.75 Å². The van der Waals surface area contributed by atoms with Crippen LogP contribution in [0.1, 0.15) is 37.2 Å². The molecule has 0 aliphatic carbocycles. The van der Waals surface area contributed by atoms with Crippen LogP contribution in [0.2, 0.25) is 0 Å². The van der Waals surface area contributed by atoms with E-state index >= 15 is 0 Å². The maximum atomic E-state index is 6.28. The number of rotatable bonds is 4. The van der Waals surface area contributed by atoms with E-state index in [1.54, 1.807) is 7.11 Å². The fourth-order valence-corrected chi connectivity index (χ4v) is 5.05. The number of hydrogen-bond donors (Lipinski definition) is 1. The predicted molar refractivity (Wildman–Crippen MR) is 115 cm³/mol. The normalized spacial score (nSPS) is 23.9. The molecule has 0 atom stereocenters. The molecule has 0 unspecified atom stereocenters. The maximum absolute atomic E-state index is 6.28. The Hall–Kier alpha value is -1.50. The van der Waals surface area contributed by atoms with Crippen LogP contribution < -0.4 is 15.4 Å². The Labute approximate surface area is 169 Å². The maximum Gasteiger partial charge on any atom is 0.143 e. The quantitative estimate of drug-likeness (QED) is 0.800. The largest absolute Gasteiger partial charge is 0.495 e. The number of nitrogens with two attached hydrogens (primary N) is 1. The summed E-state index contributed by atoms with van der Waals surface area (Å²) in [6, 6.07) is 5.07. The summed E-state index contributed by atoms with van der Waals surface area (Å²) in [5, 5.41) is 0. The van der Waals surface area contributed by atoms with Crippen LogP contribution in [-0.2, 0) is 4.74 Å². The molecule has 6 heteroatoms. The van der Waals surface area contributed by atoms with E-state index in [9.17, 15) is 0 Å². The van der Waals surface area contributed by atoms with E-state index < -0.39 is 0 Å². The standard InChI is InChI=1S/C22H36N4O2/c1-24-9-11-25(12-10-24)18-3-7-26(8-4-18)21-16-22(27-2)20(23)15-19(21)17-5-13-28-14-6-17/h15-18H,3-14,23H2,1-2H3. The van der Waals surface area contributed by atoms with Crippen LogP contribution >= 0.6 is 0 Å². The highest BCUT2D eigenvalue weighted by Crippen LogP contribution is 2.40. The number of nitrogen functional groups attached to an aromatic ring is 1. The van der Waals surface area contributed by atoms with Crippen LogP contribution in [0.3, 0.4) is 0 Å².